The molecule has 3 rings (SSSR count). The zero-order valence-corrected chi connectivity index (χ0v) is 16.0. The number of aromatic nitrogens is 1. The molecule has 0 atom stereocenters. The number of halogens is 3. The molecule has 0 saturated carbocycles. The molecule has 2 heterocycles. The van der Waals surface area contributed by atoms with E-state index in [0.29, 0.717) is 36.5 Å². The van der Waals surface area contributed by atoms with Crippen LogP contribution in [0.5, 0.6) is 5.75 Å². The number of carbonyl (C=O) groups excluding carboxylic acids is 1. The third-order valence-corrected chi connectivity index (χ3v) is 5.07. The van der Waals surface area contributed by atoms with Crippen LogP contribution in [0.3, 0.4) is 0 Å². The Balaban J connectivity index is 1.91. The Labute approximate surface area is 161 Å². The van der Waals surface area contributed by atoms with Gasteiger partial charge in [-0.3, -0.25) is 9.78 Å². The van der Waals surface area contributed by atoms with Crippen LogP contribution in [0.1, 0.15) is 36.5 Å². The van der Waals surface area contributed by atoms with Crippen LogP contribution in [0, 0.1) is 5.92 Å². The maximum absolute atomic E-state index is 13.0. The van der Waals surface area contributed by atoms with E-state index in [1.807, 2.05) is 11.8 Å². The Morgan fingerprint density at radius 1 is 1.29 bits per heavy atom. The lowest BCUT2D eigenvalue weighted by Crippen LogP contribution is -2.39. The minimum Gasteiger partial charge on any atom is -0.497 e. The lowest BCUT2D eigenvalue weighted by molar-refractivity contribution is -0.179. The Kier molecular flexibility index (Phi) is 5.96. The first kappa shape index (κ1) is 20.2. The van der Waals surface area contributed by atoms with Gasteiger partial charge in [0.05, 0.1) is 29.8 Å². The third-order valence-electron chi connectivity index (χ3n) is 5.07. The fourth-order valence-corrected chi connectivity index (χ4v) is 3.48. The van der Waals surface area contributed by atoms with Crippen molar-refractivity contribution in [3.05, 3.63) is 30.0 Å². The Bertz CT molecular complexity index is 846. The number of nitrogens with zero attached hydrogens (tertiary/aromatic N) is 2. The number of fused-ring (bicyclic) bond motifs is 1. The number of nitrogens with one attached hydrogen (secondary N) is 1. The van der Waals surface area contributed by atoms with Crippen LogP contribution in [0.15, 0.2) is 24.4 Å². The second-order valence-corrected chi connectivity index (χ2v) is 7.00. The second kappa shape index (κ2) is 8.24. The highest BCUT2D eigenvalue weighted by Crippen LogP contribution is 2.38. The molecule has 1 fully saturated rings. The van der Waals surface area contributed by atoms with Crippen molar-refractivity contribution in [2.24, 2.45) is 5.92 Å². The van der Waals surface area contributed by atoms with Crippen LogP contribution in [0.4, 0.5) is 18.9 Å². The topological polar surface area (TPSA) is 54.5 Å². The SMILES string of the molecule is CCCNC(=O)c1cnc2c(N3CCC(C(F)(F)F)CC3)cc(OC)cc2c1. The van der Waals surface area contributed by atoms with Gasteiger partial charge in [-0.1, -0.05) is 6.92 Å². The van der Waals surface area contributed by atoms with Crippen LogP contribution < -0.4 is 15.0 Å². The number of anilines is 1. The van der Waals surface area contributed by atoms with E-state index < -0.39 is 12.1 Å². The Morgan fingerprint density at radius 3 is 2.61 bits per heavy atom. The molecule has 0 radical (unpaired) electrons. The summed E-state index contributed by atoms with van der Waals surface area (Å²) in [6.07, 6.45) is -1.70. The minimum absolute atomic E-state index is 0.0553. The normalized spacial score (nSPS) is 15.7. The largest absolute Gasteiger partial charge is 0.497 e. The van der Waals surface area contributed by atoms with Gasteiger partial charge in [0.1, 0.15) is 5.75 Å². The molecule has 28 heavy (non-hydrogen) atoms. The smallest absolute Gasteiger partial charge is 0.391 e. The molecule has 0 spiro atoms. The fourth-order valence-electron chi connectivity index (χ4n) is 3.48. The number of alkyl halides is 3. The minimum atomic E-state index is -4.15. The van der Waals surface area contributed by atoms with Gasteiger partial charge in [0.2, 0.25) is 0 Å². The van der Waals surface area contributed by atoms with Gasteiger partial charge in [0.25, 0.3) is 5.91 Å². The summed E-state index contributed by atoms with van der Waals surface area (Å²) in [6, 6.07) is 5.31. The lowest BCUT2D eigenvalue weighted by atomic mass is 9.95. The maximum Gasteiger partial charge on any atom is 0.391 e. The van der Waals surface area contributed by atoms with E-state index in [-0.39, 0.29) is 18.7 Å². The summed E-state index contributed by atoms with van der Waals surface area (Å²) in [6.45, 7) is 3.14. The van der Waals surface area contributed by atoms with E-state index in [9.17, 15) is 18.0 Å². The number of hydrogen-bond acceptors (Lipinski definition) is 4. The van der Waals surface area contributed by atoms with Crippen molar-refractivity contribution in [1.29, 1.82) is 0 Å². The standard InChI is InChI=1S/C20H24F3N3O2/c1-3-6-24-19(27)14-9-13-10-16(28-2)11-17(18(13)25-12-14)26-7-4-15(5-8-26)20(21,22)23/h9-12,15H,3-8H2,1-2H3,(H,24,27). The summed E-state index contributed by atoms with van der Waals surface area (Å²) in [7, 11) is 1.53. The molecule has 1 aliphatic heterocycles. The van der Waals surface area contributed by atoms with Gasteiger partial charge in [0.15, 0.2) is 0 Å². The number of amides is 1. The summed E-state index contributed by atoms with van der Waals surface area (Å²) in [5.74, 6) is -0.887. The van der Waals surface area contributed by atoms with Gasteiger partial charge < -0.3 is 15.0 Å². The third kappa shape index (κ3) is 4.31. The highest BCUT2D eigenvalue weighted by molar-refractivity contribution is 6.00. The molecular formula is C20H24F3N3O2. The highest BCUT2D eigenvalue weighted by Gasteiger charge is 2.41. The second-order valence-electron chi connectivity index (χ2n) is 7.00. The fraction of sp³-hybridized carbons (Fsp3) is 0.500. The van der Waals surface area contributed by atoms with E-state index in [0.717, 1.165) is 17.5 Å². The van der Waals surface area contributed by atoms with Crippen LogP contribution in [-0.4, -0.2) is 43.8 Å². The van der Waals surface area contributed by atoms with Crippen LogP contribution >= 0.6 is 0 Å². The van der Waals surface area contributed by atoms with Crippen molar-refractivity contribution in [2.75, 3.05) is 31.6 Å². The molecule has 1 N–H and O–H groups in total. The molecule has 1 aromatic heterocycles. The molecule has 1 amide bonds. The highest BCUT2D eigenvalue weighted by atomic mass is 19.4. The number of pyridine rings is 1. The van der Waals surface area contributed by atoms with Gasteiger partial charge in [-0.15, -0.1) is 0 Å². The van der Waals surface area contributed by atoms with Crippen LogP contribution in [0.2, 0.25) is 0 Å². The molecule has 0 unspecified atom stereocenters. The molecule has 152 valence electrons. The molecular weight excluding hydrogens is 371 g/mol. The van der Waals surface area contributed by atoms with Crippen molar-refractivity contribution < 1.29 is 22.7 Å². The summed E-state index contributed by atoms with van der Waals surface area (Å²) in [4.78, 5) is 18.6. The predicted octanol–water partition coefficient (Wildman–Crippen LogP) is 4.16. The first-order valence-electron chi connectivity index (χ1n) is 9.41. The van der Waals surface area contributed by atoms with E-state index in [4.69, 9.17) is 4.74 Å². The van der Waals surface area contributed by atoms with Crippen molar-refractivity contribution in [1.82, 2.24) is 10.3 Å². The molecule has 1 saturated heterocycles. The summed E-state index contributed by atoms with van der Waals surface area (Å²) < 4.78 is 44.2. The number of piperidine rings is 1. The quantitative estimate of drug-likeness (QED) is 0.826. The summed E-state index contributed by atoms with van der Waals surface area (Å²) >= 11 is 0. The number of carbonyl (C=O) groups is 1. The number of ether oxygens (including phenoxy) is 1. The first-order valence-corrected chi connectivity index (χ1v) is 9.41. The van der Waals surface area contributed by atoms with Crippen molar-refractivity contribution in [3.8, 4) is 5.75 Å². The zero-order valence-electron chi connectivity index (χ0n) is 16.0. The number of benzene rings is 1. The van der Waals surface area contributed by atoms with Gasteiger partial charge in [-0.2, -0.15) is 13.2 Å². The Morgan fingerprint density at radius 2 is 2.00 bits per heavy atom. The molecule has 0 aliphatic carbocycles. The van der Waals surface area contributed by atoms with Crippen LogP contribution in [0.25, 0.3) is 10.9 Å². The number of rotatable bonds is 5. The van der Waals surface area contributed by atoms with E-state index >= 15 is 0 Å². The number of hydrogen-bond donors (Lipinski definition) is 1. The van der Waals surface area contributed by atoms with E-state index in [1.54, 1.807) is 18.2 Å². The van der Waals surface area contributed by atoms with Crippen molar-refractivity contribution >= 4 is 22.5 Å². The van der Waals surface area contributed by atoms with E-state index in [1.165, 1.54) is 13.3 Å². The molecule has 1 aromatic carbocycles. The van der Waals surface area contributed by atoms with Gasteiger partial charge in [-0.25, -0.2) is 0 Å². The van der Waals surface area contributed by atoms with Crippen LogP contribution in [-0.2, 0) is 0 Å². The molecule has 5 nitrogen and oxygen atoms in total. The van der Waals surface area contributed by atoms with Crippen molar-refractivity contribution in [3.63, 3.8) is 0 Å². The Hall–Kier alpha value is -2.51. The monoisotopic (exact) mass is 395 g/mol. The molecule has 1 aliphatic rings. The number of methoxy groups -OCH3 is 1. The molecule has 2 aromatic rings. The molecule has 0 bridgehead atoms. The van der Waals surface area contributed by atoms with Gasteiger partial charge >= 0.3 is 6.18 Å². The van der Waals surface area contributed by atoms with Gasteiger partial charge in [0, 0.05) is 37.3 Å². The van der Waals surface area contributed by atoms with Gasteiger partial charge in [-0.05, 0) is 31.4 Å². The van der Waals surface area contributed by atoms with Crippen molar-refractivity contribution in [2.45, 2.75) is 32.4 Å². The average molecular weight is 395 g/mol. The predicted molar refractivity (Wildman–Crippen MR) is 102 cm³/mol. The van der Waals surface area contributed by atoms with E-state index in [2.05, 4.69) is 10.3 Å². The summed E-state index contributed by atoms with van der Waals surface area (Å²) in [5.41, 5.74) is 1.82. The maximum atomic E-state index is 13.0. The lowest BCUT2D eigenvalue weighted by Gasteiger charge is -2.34. The summed E-state index contributed by atoms with van der Waals surface area (Å²) in [5, 5.41) is 3.53. The molecule has 8 heteroatoms. The average Bonchev–Trinajstić information content (AvgIpc) is 2.70. The zero-order chi connectivity index (χ0) is 20.3. The first-order chi connectivity index (χ1) is 13.3.